The van der Waals surface area contributed by atoms with Gasteiger partial charge < -0.3 is 26.7 Å². The van der Waals surface area contributed by atoms with Crippen LogP contribution in [0.5, 0.6) is 0 Å². The highest BCUT2D eigenvalue weighted by molar-refractivity contribution is 5.62. The lowest BCUT2D eigenvalue weighted by Crippen LogP contribution is -2.21. The molecule has 0 aromatic heterocycles. The summed E-state index contributed by atoms with van der Waals surface area (Å²) in [6.45, 7) is 11.2. The maximum absolute atomic E-state index is 9.00. The minimum Gasteiger partial charge on any atom is -0.481 e. The van der Waals surface area contributed by atoms with Gasteiger partial charge in [0, 0.05) is 14.0 Å². The third-order valence-electron chi connectivity index (χ3n) is 1.34. The summed E-state index contributed by atoms with van der Waals surface area (Å²) in [5, 5.41) is 14.4. The van der Waals surface area contributed by atoms with Gasteiger partial charge in [0.1, 0.15) is 0 Å². The number of aliphatic hydroxyl groups is 1. The van der Waals surface area contributed by atoms with Gasteiger partial charge in [0.15, 0.2) is 0 Å². The SMILES string of the molecule is CC(=O)O.CCN(CC)CC.CO.N.O. The Bertz CT molecular complexity index is 88.6. The smallest absolute Gasteiger partial charge is 0.300 e. The van der Waals surface area contributed by atoms with Crippen molar-refractivity contribution < 1.29 is 20.5 Å². The Hall–Kier alpha value is -0.690. The van der Waals surface area contributed by atoms with E-state index < -0.39 is 5.97 Å². The summed E-state index contributed by atoms with van der Waals surface area (Å²) in [5.41, 5.74) is 0. The van der Waals surface area contributed by atoms with E-state index >= 15 is 0 Å². The highest BCUT2D eigenvalue weighted by atomic mass is 16.4. The monoisotopic (exact) mass is 228 g/mol. The number of carboxylic acids is 1. The van der Waals surface area contributed by atoms with Crippen molar-refractivity contribution in [1.82, 2.24) is 11.1 Å². The molecular weight excluding hydrogens is 200 g/mol. The summed E-state index contributed by atoms with van der Waals surface area (Å²) < 4.78 is 0. The van der Waals surface area contributed by atoms with Crippen molar-refractivity contribution in [2.45, 2.75) is 27.7 Å². The fourth-order valence-corrected chi connectivity index (χ4v) is 0.671. The third kappa shape index (κ3) is 60.4. The number of carbonyl (C=O) groups is 1. The fourth-order valence-electron chi connectivity index (χ4n) is 0.671. The molecule has 0 heterocycles. The Morgan fingerprint density at radius 2 is 1.20 bits per heavy atom. The van der Waals surface area contributed by atoms with Crippen LogP contribution in [0.1, 0.15) is 27.7 Å². The van der Waals surface area contributed by atoms with Crippen LogP contribution in [0.4, 0.5) is 0 Å². The maximum atomic E-state index is 9.00. The van der Waals surface area contributed by atoms with E-state index in [2.05, 4.69) is 25.7 Å². The van der Waals surface area contributed by atoms with Crippen LogP contribution in [-0.4, -0.2) is 53.3 Å². The molecule has 0 fully saturated rings. The first-order valence-corrected chi connectivity index (χ1v) is 4.44. The normalized spacial score (nSPS) is 6.87. The van der Waals surface area contributed by atoms with Gasteiger partial charge in [0.2, 0.25) is 0 Å². The predicted octanol–water partition coefficient (Wildman–Crippen LogP) is 0.385. The van der Waals surface area contributed by atoms with E-state index in [1.54, 1.807) is 0 Å². The summed E-state index contributed by atoms with van der Waals surface area (Å²) in [5.74, 6) is -0.833. The first-order valence-electron chi connectivity index (χ1n) is 4.44. The first kappa shape index (κ1) is 29.2. The van der Waals surface area contributed by atoms with Crippen LogP contribution in [-0.2, 0) is 4.79 Å². The van der Waals surface area contributed by atoms with E-state index in [1.165, 1.54) is 19.6 Å². The summed E-state index contributed by atoms with van der Waals surface area (Å²) in [4.78, 5) is 11.4. The molecule has 6 nitrogen and oxygen atoms in total. The average molecular weight is 228 g/mol. The second-order valence-electron chi connectivity index (χ2n) is 2.14. The zero-order valence-electron chi connectivity index (χ0n) is 10.6. The molecule has 7 N–H and O–H groups in total. The third-order valence-corrected chi connectivity index (χ3v) is 1.34. The lowest BCUT2D eigenvalue weighted by Gasteiger charge is -2.13. The van der Waals surface area contributed by atoms with Gasteiger partial charge in [0.25, 0.3) is 5.97 Å². The average Bonchev–Trinajstić information content (AvgIpc) is 2.10. The van der Waals surface area contributed by atoms with Crippen molar-refractivity contribution in [2.75, 3.05) is 26.7 Å². The van der Waals surface area contributed by atoms with Crippen LogP contribution in [0, 0.1) is 0 Å². The van der Waals surface area contributed by atoms with Gasteiger partial charge in [-0.25, -0.2) is 0 Å². The van der Waals surface area contributed by atoms with Crippen LogP contribution in [0.15, 0.2) is 0 Å². The molecule has 0 unspecified atom stereocenters. The summed E-state index contributed by atoms with van der Waals surface area (Å²) in [7, 11) is 1.00. The highest BCUT2D eigenvalue weighted by Crippen LogP contribution is 1.81. The lowest BCUT2D eigenvalue weighted by atomic mass is 10.5. The molecule has 0 aromatic rings. The summed E-state index contributed by atoms with van der Waals surface area (Å²) in [6.07, 6.45) is 0. The second kappa shape index (κ2) is 29.2. The Morgan fingerprint density at radius 1 is 1.07 bits per heavy atom. The van der Waals surface area contributed by atoms with Crippen molar-refractivity contribution in [3.05, 3.63) is 0 Å². The number of aliphatic carboxylic acids is 1. The molecule has 15 heavy (non-hydrogen) atoms. The van der Waals surface area contributed by atoms with Gasteiger partial charge in [-0.15, -0.1) is 0 Å². The zero-order valence-corrected chi connectivity index (χ0v) is 10.6. The van der Waals surface area contributed by atoms with E-state index in [4.69, 9.17) is 15.0 Å². The van der Waals surface area contributed by atoms with Gasteiger partial charge >= 0.3 is 0 Å². The molecule has 0 atom stereocenters. The van der Waals surface area contributed by atoms with Crippen molar-refractivity contribution in [3.8, 4) is 0 Å². The number of aliphatic hydroxyl groups excluding tert-OH is 1. The van der Waals surface area contributed by atoms with E-state index in [9.17, 15) is 0 Å². The van der Waals surface area contributed by atoms with Crippen LogP contribution in [0.3, 0.4) is 0 Å². The zero-order chi connectivity index (χ0) is 11.3. The van der Waals surface area contributed by atoms with Crippen LogP contribution in [0.25, 0.3) is 0 Å². The maximum Gasteiger partial charge on any atom is 0.300 e. The van der Waals surface area contributed by atoms with Crippen molar-refractivity contribution in [3.63, 3.8) is 0 Å². The minimum atomic E-state index is -0.833. The van der Waals surface area contributed by atoms with Gasteiger partial charge in [-0.05, 0) is 19.6 Å². The Morgan fingerprint density at radius 3 is 1.20 bits per heavy atom. The van der Waals surface area contributed by atoms with E-state index in [0.717, 1.165) is 14.0 Å². The quantitative estimate of drug-likeness (QED) is 0.643. The molecule has 98 valence electrons. The molecule has 0 amide bonds. The molecule has 0 saturated heterocycles. The number of rotatable bonds is 3. The largest absolute Gasteiger partial charge is 0.481 e. The van der Waals surface area contributed by atoms with Gasteiger partial charge in [0.05, 0.1) is 0 Å². The number of hydrogen-bond acceptors (Lipinski definition) is 4. The van der Waals surface area contributed by atoms with Gasteiger partial charge in [-0.1, -0.05) is 20.8 Å². The Balaban J connectivity index is -0.0000000367. The van der Waals surface area contributed by atoms with Gasteiger partial charge in [-0.2, -0.15) is 0 Å². The van der Waals surface area contributed by atoms with Gasteiger partial charge in [-0.3, -0.25) is 4.79 Å². The lowest BCUT2D eigenvalue weighted by molar-refractivity contribution is -0.134. The summed E-state index contributed by atoms with van der Waals surface area (Å²) in [6, 6.07) is 0. The van der Waals surface area contributed by atoms with E-state index in [0.29, 0.717) is 0 Å². The van der Waals surface area contributed by atoms with Crippen molar-refractivity contribution >= 4 is 5.97 Å². The Labute approximate surface area is 92.8 Å². The van der Waals surface area contributed by atoms with E-state index in [-0.39, 0.29) is 11.6 Å². The molecule has 6 heteroatoms. The second-order valence-corrected chi connectivity index (χ2v) is 2.14. The molecule has 0 spiro atoms. The molecule has 0 aliphatic heterocycles. The van der Waals surface area contributed by atoms with E-state index in [1.807, 2.05) is 0 Å². The van der Waals surface area contributed by atoms with Crippen molar-refractivity contribution in [1.29, 1.82) is 0 Å². The van der Waals surface area contributed by atoms with Crippen LogP contribution < -0.4 is 6.15 Å². The standard InChI is InChI=1S/C6H15N.C2H4O2.CH4O.H3N.H2O/c1-4-7(5-2)6-3;1-2(3)4;1-2;;/h4-6H2,1-3H3;1H3,(H,3,4);2H,1H3;1H3;1H2. The first-order chi connectivity index (χ1) is 6.08. The Kier molecular flexibility index (Phi) is 57.0. The molecule has 0 saturated carbocycles. The summed E-state index contributed by atoms with van der Waals surface area (Å²) >= 11 is 0. The number of carboxylic acid groups (broad SMARTS) is 1. The molecule has 0 aliphatic rings. The molecule has 0 radical (unpaired) electrons. The number of nitrogens with zero attached hydrogens (tertiary/aromatic N) is 1. The molecule has 0 rings (SSSR count). The molecule has 0 aromatic carbocycles. The topological polar surface area (TPSA) is 127 Å². The van der Waals surface area contributed by atoms with Crippen LogP contribution in [0.2, 0.25) is 0 Å². The fraction of sp³-hybridized carbons (Fsp3) is 0.889. The highest BCUT2D eigenvalue weighted by Gasteiger charge is 1.89. The molecule has 0 aliphatic carbocycles. The van der Waals surface area contributed by atoms with Crippen LogP contribution >= 0.6 is 0 Å². The predicted molar refractivity (Wildman–Crippen MR) is 63.6 cm³/mol. The molecular formula is C9H28N2O4. The van der Waals surface area contributed by atoms with Crippen molar-refractivity contribution in [2.24, 2.45) is 0 Å². The molecule has 0 bridgehead atoms. The minimum absolute atomic E-state index is 0. The number of hydrogen-bond donors (Lipinski definition) is 3.